The molecular weight excluding hydrogens is 692 g/mol. The minimum absolute atomic E-state index is 0.0553. The van der Waals surface area contributed by atoms with Gasteiger partial charge in [-0.3, -0.25) is 4.90 Å². The van der Waals surface area contributed by atoms with Gasteiger partial charge in [-0.1, -0.05) is 72.2 Å². The topological polar surface area (TPSA) is 234 Å². The number of nitrogens with zero attached hydrogens (tertiary/aromatic N) is 4. The van der Waals surface area contributed by atoms with E-state index in [0.717, 1.165) is 30.4 Å². The fourth-order valence-corrected chi connectivity index (χ4v) is 7.89. The molecule has 2 aromatic rings. The first-order chi connectivity index (χ1) is 25.6. The summed E-state index contributed by atoms with van der Waals surface area (Å²) in [6.45, 7) is 2.08. The van der Waals surface area contributed by atoms with E-state index < -0.39 is 85.0 Å². The molecule has 4 fully saturated rings. The fraction of sp³-hybridized carbons (Fsp3) is 0.583. The van der Waals surface area contributed by atoms with Gasteiger partial charge in [0.25, 0.3) is 0 Å². The van der Waals surface area contributed by atoms with E-state index in [-0.39, 0.29) is 19.6 Å². The summed E-state index contributed by atoms with van der Waals surface area (Å²) in [5.74, 6) is -1.09. The lowest BCUT2D eigenvalue weighted by atomic mass is 9.81. The number of carbonyl (C=O) groups is 3. The highest BCUT2D eigenvalue weighted by atomic mass is 16.8. The summed E-state index contributed by atoms with van der Waals surface area (Å²) >= 11 is 0. The Labute approximate surface area is 306 Å². The number of amides is 3. The van der Waals surface area contributed by atoms with Gasteiger partial charge in [0.05, 0.1) is 36.4 Å². The number of ether oxygens (including phenoxy) is 5. The van der Waals surface area contributed by atoms with Crippen molar-refractivity contribution in [2.45, 2.75) is 132 Å². The molecule has 3 amide bonds. The van der Waals surface area contributed by atoms with E-state index in [2.05, 4.69) is 20.7 Å². The molecule has 1 spiro atoms. The second kappa shape index (κ2) is 17.0. The van der Waals surface area contributed by atoms with Crippen LogP contribution in [0.5, 0.6) is 0 Å². The van der Waals surface area contributed by atoms with Gasteiger partial charge >= 0.3 is 18.3 Å². The molecule has 2 saturated carbocycles. The van der Waals surface area contributed by atoms with Crippen LogP contribution in [-0.2, 0) is 36.8 Å². The van der Waals surface area contributed by atoms with Gasteiger partial charge in [-0.05, 0) is 49.3 Å². The highest BCUT2D eigenvalue weighted by molar-refractivity contribution is 5.68. The Morgan fingerprint density at radius 2 is 1.57 bits per heavy atom. The zero-order valence-electron chi connectivity index (χ0n) is 29.3. The maximum absolute atomic E-state index is 13.7. The van der Waals surface area contributed by atoms with Crippen LogP contribution in [0.1, 0.15) is 63.0 Å². The number of hydrogen-bond acceptors (Lipinski definition) is 10. The highest BCUT2D eigenvalue weighted by Crippen LogP contribution is 2.46. The van der Waals surface area contributed by atoms with Crippen molar-refractivity contribution in [3.05, 3.63) is 82.2 Å². The molecular formula is C36H46N6O11. The smallest absolute Gasteiger partial charge is 0.410 e. The van der Waals surface area contributed by atoms with Crippen LogP contribution in [0, 0.1) is 0 Å². The number of aliphatic hydroxyl groups is 1. The molecule has 0 radical (unpaired) electrons. The molecule has 0 bridgehead atoms. The Hall–Kier alpha value is -4.64. The summed E-state index contributed by atoms with van der Waals surface area (Å²) in [4.78, 5) is 42.2. The van der Waals surface area contributed by atoms with Gasteiger partial charge in [-0.15, -0.1) is 0 Å². The quantitative estimate of drug-likeness (QED) is 0.118. The number of carboxylic acid groups (broad SMARTS) is 2. The first-order valence-electron chi connectivity index (χ1n) is 18.0. The third kappa shape index (κ3) is 8.95. The third-order valence-electron chi connectivity index (χ3n) is 10.5. The number of azide groups is 1. The SMILES string of the molecule is C[C@H]([C@@H]1CC[C@@H](N=[N+]=[N-])[C@@H](O[C@@H]2[C@@H](NC(=O)O)[C@H](O)[C@@H](NC(=O)O)[C@@H]3OC4(CCCCC4)O[C@@H]23)O1)N(Cc1ccccc1)C(=O)OCc1ccccc1. The van der Waals surface area contributed by atoms with E-state index in [0.29, 0.717) is 19.3 Å². The Bertz CT molecular complexity index is 1610. The van der Waals surface area contributed by atoms with Crippen LogP contribution >= 0.6 is 0 Å². The summed E-state index contributed by atoms with van der Waals surface area (Å²) in [5, 5.41) is 39.5. The molecule has 2 aromatic carbocycles. The summed E-state index contributed by atoms with van der Waals surface area (Å²) in [5.41, 5.74) is 11.2. The van der Waals surface area contributed by atoms with Crippen LogP contribution in [0.2, 0.25) is 0 Å². The van der Waals surface area contributed by atoms with Gasteiger partial charge in [0.2, 0.25) is 0 Å². The molecule has 286 valence electrons. The molecule has 4 aliphatic rings. The van der Waals surface area contributed by atoms with Crippen molar-refractivity contribution in [2.24, 2.45) is 5.11 Å². The van der Waals surface area contributed by atoms with Crippen molar-refractivity contribution in [3.63, 3.8) is 0 Å². The maximum atomic E-state index is 13.7. The summed E-state index contributed by atoms with van der Waals surface area (Å²) < 4.78 is 31.7. The van der Waals surface area contributed by atoms with Gasteiger partial charge in [0.15, 0.2) is 12.1 Å². The Morgan fingerprint density at radius 1 is 0.943 bits per heavy atom. The van der Waals surface area contributed by atoms with Crippen molar-refractivity contribution >= 4 is 18.3 Å². The second-order valence-electron chi connectivity index (χ2n) is 14.0. The van der Waals surface area contributed by atoms with Gasteiger partial charge in [-0.2, -0.15) is 0 Å². The molecule has 6 rings (SSSR count). The average molecular weight is 739 g/mol. The van der Waals surface area contributed by atoms with E-state index in [9.17, 15) is 35.2 Å². The predicted molar refractivity (Wildman–Crippen MR) is 185 cm³/mol. The Morgan fingerprint density at radius 3 is 2.21 bits per heavy atom. The fourth-order valence-electron chi connectivity index (χ4n) is 7.89. The van der Waals surface area contributed by atoms with Crippen molar-refractivity contribution in [3.8, 4) is 0 Å². The third-order valence-corrected chi connectivity index (χ3v) is 10.5. The monoisotopic (exact) mass is 738 g/mol. The molecule has 10 atom stereocenters. The van der Waals surface area contributed by atoms with Crippen molar-refractivity contribution in [1.82, 2.24) is 15.5 Å². The van der Waals surface area contributed by atoms with E-state index in [1.165, 1.54) is 0 Å². The molecule has 2 aliphatic heterocycles. The standard InChI is InChI=1S/C36H46N6O11/c1-21(42(19-22-11-5-2-6-12-22)35(48)49-20-23-13-7-3-8-14-23)25-16-15-24(40-41-37)32(50-25)51-29-26(38-33(44)45)28(43)27(39-34(46)47)30-31(29)53-36(52-30)17-9-4-10-18-36/h2-3,5-8,11-14,21,24-32,38-39,43H,4,9-10,15-20H2,1H3,(H,44,45)(H,46,47)/t21-,24-,25+,26+,27-,28+,29-,30+,31+,32-/m1/s1. The van der Waals surface area contributed by atoms with Crippen molar-refractivity contribution < 1.29 is 53.4 Å². The molecule has 2 heterocycles. The summed E-state index contributed by atoms with van der Waals surface area (Å²) in [6, 6.07) is 14.6. The van der Waals surface area contributed by atoms with Crippen LogP contribution < -0.4 is 10.6 Å². The van der Waals surface area contributed by atoms with Gasteiger partial charge in [0.1, 0.15) is 24.9 Å². The number of benzene rings is 2. The van der Waals surface area contributed by atoms with E-state index in [4.69, 9.17) is 23.7 Å². The number of carbonyl (C=O) groups excluding carboxylic acids is 1. The number of nitrogens with one attached hydrogen (secondary N) is 2. The van der Waals surface area contributed by atoms with Gasteiger partial charge < -0.3 is 49.6 Å². The number of aliphatic hydroxyl groups excluding tert-OH is 1. The van der Waals surface area contributed by atoms with Crippen LogP contribution in [0.3, 0.4) is 0 Å². The molecule has 2 aliphatic carbocycles. The van der Waals surface area contributed by atoms with Crippen molar-refractivity contribution in [2.75, 3.05) is 0 Å². The van der Waals surface area contributed by atoms with Crippen LogP contribution in [0.15, 0.2) is 65.8 Å². The minimum Gasteiger partial charge on any atom is -0.465 e. The molecule has 2 saturated heterocycles. The zero-order chi connectivity index (χ0) is 37.5. The number of fused-ring (bicyclic) bond motifs is 1. The first-order valence-corrected chi connectivity index (χ1v) is 18.0. The van der Waals surface area contributed by atoms with Crippen molar-refractivity contribution in [1.29, 1.82) is 0 Å². The predicted octanol–water partition coefficient (Wildman–Crippen LogP) is 4.87. The largest absolute Gasteiger partial charge is 0.465 e. The lowest BCUT2D eigenvalue weighted by Crippen LogP contribution is -2.72. The first kappa shape index (κ1) is 38.1. The summed E-state index contributed by atoms with van der Waals surface area (Å²) in [7, 11) is 0. The molecule has 17 nitrogen and oxygen atoms in total. The van der Waals surface area contributed by atoms with Crippen LogP contribution in [-0.4, -0.2) is 105 Å². The van der Waals surface area contributed by atoms with Gasteiger partial charge in [0, 0.05) is 24.3 Å². The molecule has 0 unspecified atom stereocenters. The lowest BCUT2D eigenvalue weighted by molar-refractivity contribution is -0.265. The molecule has 53 heavy (non-hydrogen) atoms. The molecule has 17 heteroatoms. The van der Waals surface area contributed by atoms with E-state index in [1.54, 1.807) is 4.90 Å². The Kier molecular flexibility index (Phi) is 12.2. The van der Waals surface area contributed by atoms with E-state index >= 15 is 0 Å². The number of rotatable bonds is 11. The van der Waals surface area contributed by atoms with E-state index in [1.807, 2.05) is 67.6 Å². The molecule has 5 N–H and O–H groups in total. The second-order valence-corrected chi connectivity index (χ2v) is 14.0. The normalized spacial score (nSPS) is 30.9. The summed E-state index contributed by atoms with van der Waals surface area (Å²) in [6.07, 6.45) is -6.26. The van der Waals surface area contributed by atoms with Crippen LogP contribution in [0.25, 0.3) is 10.4 Å². The maximum Gasteiger partial charge on any atom is 0.410 e. The van der Waals surface area contributed by atoms with Gasteiger partial charge in [-0.25, -0.2) is 14.4 Å². The zero-order valence-corrected chi connectivity index (χ0v) is 29.3. The Balaban J connectivity index is 1.27. The highest BCUT2D eigenvalue weighted by Gasteiger charge is 2.62. The van der Waals surface area contributed by atoms with Crippen LogP contribution in [0.4, 0.5) is 14.4 Å². The average Bonchev–Trinajstić information content (AvgIpc) is 3.52. The minimum atomic E-state index is -1.65. The lowest BCUT2D eigenvalue weighted by Gasteiger charge is -2.47. The number of hydrogen-bond donors (Lipinski definition) is 5. The molecule has 0 aromatic heterocycles.